The predicted octanol–water partition coefficient (Wildman–Crippen LogP) is 4.36. The molecule has 0 unspecified atom stereocenters. The van der Waals surface area contributed by atoms with E-state index in [9.17, 15) is 4.39 Å². The van der Waals surface area contributed by atoms with Gasteiger partial charge >= 0.3 is 0 Å². The minimum atomic E-state index is -0.999. The van der Waals surface area contributed by atoms with E-state index in [1.807, 2.05) is 0 Å². The molecular formula is C10H12BrClFI. The maximum atomic E-state index is 14.5. The summed E-state index contributed by atoms with van der Waals surface area (Å²) in [6.45, 7) is 0. The van der Waals surface area contributed by atoms with Crippen LogP contribution in [0.3, 0.4) is 0 Å². The van der Waals surface area contributed by atoms with Crippen LogP contribution < -0.4 is 0 Å². The van der Waals surface area contributed by atoms with Crippen LogP contribution in [0.4, 0.5) is 4.39 Å². The van der Waals surface area contributed by atoms with Gasteiger partial charge in [-0.1, -0.05) is 38.5 Å². The first kappa shape index (κ1) is 10.6. The Balaban J connectivity index is 2.08. The molecule has 0 aromatic heterocycles. The van der Waals surface area contributed by atoms with Crippen LogP contribution in [-0.2, 0) is 0 Å². The van der Waals surface area contributed by atoms with Crippen molar-refractivity contribution in [3.05, 3.63) is 0 Å². The lowest BCUT2D eigenvalue weighted by Crippen LogP contribution is -2.65. The molecule has 4 aliphatic carbocycles. The van der Waals surface area contributed by atoms with Crippen LogP contribution in [-0.4, -0.2) is 18.3 Å². The number of hydrogen-bond acceptors (Lipinski definition) is 0. The predicted molar refractivity (Wildman–Crippen MR) is 68.5 cm³/mol. The quantitative estimate of drug-likeness (QED) is 0.424. The maximum absolute atomic E-state index is 14.5. The lowest BCUT2D eigenvalue weighted by molar-refractivity contribution is -0.0283. The summed E-state index contributed by atoms with van der Waals surface area (Å²) >= 11 is 12.7. The summed E-state index contributed by atoms with van der Waals surface area (Å²) in [7, 11) is 0. The second kappa shape index (κ2) is 2.63. The van der Waals surface area contributed by atoms with E-state index in [-0.39, 0.29) is 12.6 Å². The Bertz CT molecular complexity index is 213. The van der Waals surface area contributed by atoms with E-state index in [2.05, 4.69) is 38.5 Å². The highest BCUT2D eigenvalue weighted by atomic mass is 127. The van der Waals surface area contributed by atoms with Crippen LogP contribution in [0.2, 0.25) is 0 Å². The van der Waals surface area contributed by atoms with Gasteiger partial charge in [-0.25, -0.2) is 4.39 Å². The summed E-state index contributed by atoms with van der Waals surface area (Å²) in [5.74, 6) is 0. The Morgan fingerprint density at radius 2 is 1.79 bits per heavy atom. The summed E-state index contributed by atoms with van der Waals surface area (Å²) in [6.07, 6.45) is 4.96. The third kappa shape index (κ3) is 1.48. The van der Waals surface area contributed by atoms with Crippen molar-refractivity contribution < 1.29 is 4.39 Å². The molecule has 4 saturated carbocycles. The standard InChI is InChI=1S/C10H12BrClFI/c11-7-1-8(12)4-9(13,2-7)6-10(14,3-7)5-8/h1-6H2/t7-,8+,9-,10+/m1/s1. The molecule has 4 bridgehead atoms. The molecule has 0 aromatic rings. The molecule has 0 aromatic carbocycles. The molecule has 0 nitrogen and oxygen atoms in total. The van der Waals surface area contributed by atoms with Crippen molar-refractivity contribution in [1.82, 2.24) is 0 Å². The lowest BCUT2D eigenvalue weighted by Gasteiger charge is -2.63. The molecule has 0 saturated heterocycles. The Hall–Kier alpha value is 1.43. The van der Waals surface area contributed by atoms with Crippen molar-refractivity contribution >= 4 is 50.1 Å². The number of rotatable bonds is 0. The summed E-state index contributed by atoms with van der Waals surface area (Å²) in [5.41, 5.74) is -0.999. The first-order chi connectivity index (χ1) is 6.24. The molecule has 4 aliphatic rings. The van der Waals surface area contributed by atoms with Crippen LogP contribution in [0, 0.1) is 0 Å². The first-order valence-electron chi connectivity index (χ1n) is 5.00. The van der Waals surface area contributed by atoms with Crippen molar-refractivity contribution in [1.29, 1.82) is 0 Å². The summed E-state index contributed by atoms with van der Waals surface area (Å²) in [5, 5.41) is 0. The van der Waals surface area contributed by atoms with Gasteiger partial charge in [-0.05, 0) is 32.1 Å². The number of hydrogen-bond donors (Lipinski definition) is 0. The fourth-order valence-corrected chi connectivity index (χ4v) is 9.54. The van der Waals surface area contributed by atoms with Gasteiger partial charge in [0.1, 0.15) is 5.67 Å². The molecule has 80 valence electrons. The minimum absolute atomic E-state index is 0.0144. The van der Waals surface area contributed by atoms with Gasteiger partial charge in [0.25, 0.3) is 0 Å². The molecule has 4 fully saturated rings. The Kier molecular flexibility index (Phi) is 1.99. The lowest BCUT2D eigenvalue weighted by atomic mass is 9.54. The molecule has 0 N–H and O–H groups in total. The smallest absolute Gasteiger partial charge is 0.115 e. The second-order valence-electron chi connectivity index (χ2n) is 5.66. The van der Waals surface area contributed by atoms with Gasteiger partial charge in [0.05, 0.1) is 4.87 Å². The van der Waals surface area contributed by atoms with E-state index < -0.39 is 5.67 Å². The van der Waals surface area contributed by atoms with Crippen LogP contribution in [0.25, 0.3) is 0 Å². The van der Waals surface area contributed by atoms with Crippen LogP contribution >= 0.6 is 50.1 Å². The van der Waals surface area contributed by atoms with Crippen LogP contribution in [0.1, 0.15) is 38.5 Å². The van der Waals surface area contributed by atoms with Crippen LogP contribution in [0.15, 0.2) is 0 Å². The van der Waals surface area contributed by atoms with Gasteiger partial charge in [-0.15, -0.1) is 11.6 Å². The molecule has 0 amide bonds. The van der Waals surface area contributed by atoms with E-state index in [0.29, 0.717) is 19.3 Å². The molecule has 0 radical (unpaired) electrons. The summed E-state index contributed by atoms with van der Waals surface area (Å²) in [4.78, 5) is -0.270. The minimum Gasteiger partial charge on any atom is -0.244 e. The molecule has 4 heteroatoms. The van der Waals surface area contributed by atoms with E-state index in [1.54, 1.807) is 0 Å². The third-order valence-corrected chi connectivity index (χ3v) is 6.19. The fraction of sp³-hybridized carbons (Fsp3) is 1.00. The van der Waals surface area contributed by atoms with Crippen molar-refractivity contribution in [2.24, 2.45) is 0 Å². The highest BCUT2D eigenvalue weighted by molar-refractivity contribution is 14.1. The Labute approximate surface area is 111 Å². The van der Waals surface area contributed by atoms with E-state index in [0.717, 1.165) is 19.3 Å². The molecule has 0 spiro atoms. The summed E-state index contributed by atoms with van der Waals surface area (Å²) in [6, 6.07) is 0. The summed E-state index contributed by atoms with van der Waals surface area (Å²) < 4.78 is 14.6. The topological polar surface area (TPSA) is 0 Å². The zero-order chi connectivity index (χ0) is 10.2. The normalized spacial score (nSPS) is 66.0. The van der Waals surface area contributed by atoms with Gasteiger partial charge in [0.2, 0.25) is 0 Å². The zero-order valence-corrected chi connectivity index (χ0v) is 12.3. The number of alkyl halides is 4. The van der Waals surface area contributed by atoms with Gasteiger partial charge in [-0.2, -0.15) is 0 Å². The van der Waals surface area contributed by atoms with Crippen molar-refractivity contribution in [2.45, 2.75) is 56.8 Å². The van der Waals surface area contributed by atoms with E-state index >= 15 is 0 Å². The average Bonchev–Trinajstić information content (AvgIpc) is 1.67. The van der Waals surface area contributed by atoms with Crippen LogP contribution in [0.5, 0.6) is 0 Å². The molecule has 0 heterocycles. The highest BCUT2D eigenvalue weighted by Gasteiger charge is 2.67. The van der Waals surface area contributed by atoms with Gasteiger partial charge < -0.3 is 0 Å². The van der Waals surface area contributed by atoms with Gasteiger partial charge in [-0.3, -0.25) is 0 Å². The molecule has 0 aliphatic heterocycles. The van der Waals surface area contributed by atoms with E-state index in [4.69, 9.17) is 11.6 Å². The fourth-order valence-electron chi connectivity index (χ4n) is 4.16. The first-order valence-corrected chi connectivity index (χ1v) is 7.25. The molecule has 4 rings (SSSR count). The molecule has 4 atom stereocenters. The zero-order valence-electron chi connectivity index (χ0n) is 7.75. The van der Waals surface area contributed by atoms with Crippen molar-refractivity contribution in [3.8, 4) is 0 Å². The SMILES string of the molecule is F[C@@]12C[C@@]3(Cl)C[C@@](Br)(C1)C[C@@](I)(C2)C3. The second-order valence-corrected chi connectivity index (χ2v) is 10.4. The largest absolute Gasteiger partial charge is 0.244 e. The van der Waals surface area contributed by atoms with Crippen molar-refractivity contribution in [2.75, 3.05) is 0 Å². The Morgan fingerprint density at radius 1 is 1.07 bits per heavy atom. The third-order valence-electron chi connectivity index (χ3n) is 3.80. The molecular weight excluding hydrogens is 381 g/mol. The van der Waals surface area contributed by atoms with Gasteiger partial charge in [0, 0.05) is 14.2 Å². The monoisotopic (exact) mass is 392 g/mol. The highest BCUT2D eigenvalue weighted by Crippen LogP contribution is 2.69. The maximum Gasteiger partial charge on any atom is 0.115 e. The number of halogens is 4. The van der Waals surface area contributed by atoms with Crippen molar-refractivity contribution in [3.63, 3.8) is 0 Å². The van der Waals surface area contributed by atoms with E-state index in [1.165, 1.54) is 0 Å². The average molecular weight is 393 g/mol. The Morgan fingerprint density at radius 3 is 2.29 bits per heavy atom. The molecule has 14 heavy (non-hydrogen) atoms. The van der Waals surface area contributed by atoms with Gasteiger partial charge in [0.15, 0.2) is 0 Å².